The molecule has 2 aromatic rings. The smallest absolute Gasteiger partial charge is 0.168 e. The number of aromatic nitrogens is 4. The second kappa shape index (κ2) is 7.02. The van der Waals surface area contributed by atoms with Gasteiger partial charge in [0, 0.05) is 26.2 Å². The maximum atomic E-state index is 5.41. The maximum absolute atomic E-state index is 5.41. The highest BCUT2D eigenvalue weighted by molar-refractivity contribution is 5.01. The maximum Gasteiger partial charge on any atom is 0.168 e. The van der Waals surface area contributed by atoms with E-state index in [0.717, 1.165) is 50.7 Å². The van der Waals surface area contributed by atoms with Crippen LogP contribution in [0.1, 0.15) is 37.9 Å². The summed E-state index contributed by atoms with van der Waals surface area (Å²) >= 11 is 0. The quantitative estimate of drug-likeness (QED) is 0.804. The van der Waals surface area contributed by atoms with Gasteiger partial charge < -0.3 is 9.32 Å². The zero-order valence-electron chi connectivity index (χ0n) is 13.4. The number of piperazine rings is 1. The first kappa shape index (κ1) is 15.2. The van der Waals surface area contributed by atoms with Gasteiger partial charge in [-0.2, -0.15) is 0 Å². The molecule has 0 saturated carbocycles. The van der Waals surface area contributed by atoms with Gasteiger partial charge >= 0.3 is 0 Å². The fraction of sp³-hybridized carbons (Fsp3) is 0.667. The van der Waals surface area contributed by atoms with Crippen molar-refractivity contribution in [3.8, 4) is 0 Å². The lowest BCUT2D eigenvalue weighted by atomic mass is 10.1. The highest BCUT2D eigenvalue weighted by Crippen LogP contribution is 2.23. The Morgan fingerprint density at radius 1 is 1.23 bits per heavy atom. The number of tetrazole rings is 1. The molecule has 1 aliphatic heterocycles. The average Bonchev–Trinajstić information content (AvgIpc) is 3.22. The van der Waals surface area contributed by atoms with Gasteiger partial charge in [0.05, 0.1) is 12.3 Å². The summed E-state index contributed by atoms with van der Waals surface area (Å²) in [5.74, 6) is 1.81. The van der Waals surface area contributed by atoms with Gasteiger partial charge in [-0.05, 0) is 35.5 Å². The van der Waals surface area contributed by atoms with Crippen molar-refractivity contribution in [2.45, 2.75) is 32.9 Å². The lowest BCUT2D eigenvalue weighted by Gasteiger charge is -2.38. The van der Waals surface area contributed by atoms with Crippen molar-refractivity contribution in [3.63, 3.8) is 0 Å². The Morgan fingerprint density at radius 3 is 2.68 bits per heavy atom. The second-order valence-corrected chi connectivity index (χ2v) is 5.67. The molecule has 0 N–H and O–H groups in total. The van der Waals surface area contributed by atoms with Gasteiger partial charge in [0.25, 0.3) is 0 Å². The normalized spacial score (nSPS) is 18.6. The van der Waals surface area contributed by atoms with E-state index in [-0.39, 0.29) is 6.04 Å². The minimum atomic E-state index is 0.268. The molecule has 0 aliphatic carbocycles. The average molecular weight is 304 g/mol. The predicted octanol–water partition coefficient (Wildman–Crippen LogP) is 1.40. The number of hydrogen-bond donors (Lipinski definition) is 0. The zero-order chi connectivity index (χ0) is 15.4. The topological polar surface area (TPSA) is 63.2 Å². The molecular formula is C15H24N6O. The molecular weight excluding hydrogens is 280 g/mol. The van der Waals surface area contributed by atoms with Gasteiger partial charge in [-0.25, -0.2) is 4.68 Å². The molecule has 1 saturated heterocycles. The number of furan rings is 1. The lowest BCUT2D eigenvalue weighted by molar-refractivity contribution is 0.0913. The monoisotopic (exact) mass is 304 g/mol. The standard InChI is InChI=1S/C15H24N6O/c1-3-14(20-9-7-19(4-2)8-10-20)15-16-17-18-21(15)12-13-6-5-11-22-13/h5-6,11,14H,3-4,7-10,12H2,1-2H3/t14-/m1/s1. The van der Waals surface area contributed by atoms with Crippen LogP contribution < -0.4 is 0 Å². The molecule has 7 nitrogen and oxygen atoms in total. The van der Waals surface area contributed by atoms with Crippen LogP contribution in [0.2, 0.25) is 0 Å². The number of nitrogens with zero attached hydrogens (tertiary/aromatic N) is 6. The van der Waals surface area contributed by atoms with Gasteiger partial charge in [0.15, 0.2) is 5.82 Å². The fourth-order valence-corrected chi connectivity index (χ4v) is 3.11. The third-order valence-corrected chi connectivity index (χ3v) is 4.42. The van der Waals surface area contributed by atoms with E-state index in [1.54, 1.807) is 6.26 Å². The first-order valence-corrected chi connectivity index (χ1v) is 8.06. The van der Waals surface area contributed by atoms with Gasteiger partial charge in [0.1, 0.15) is 12.3 Å². The molecule has 1 atom stereocenters. The SMILES string of the molecule is CC[C@H](c1nnnn1Cc1ccco1)N1CCN(CC)CC1. The Balaban J connectivity index is 1.72. The molecule has 0 bridgehead atoms. The van der Waals surface area contributed by atoms with E-state index in [4.69, 9.17) is 4.42 Å². The summed E-state index contributed by atoms with van der Waals surface area (Å²) in [4.78, 5) is 4.98. The highest BCUT2D eigenvalue weighted by atomic mass is 16.3. The van der Waals surface area contributed by atoms with Crippen LogP contribution in [-0.4, -0.2) is 62.7 Å². The van der Waals surface area contributed by atoms with Crippen molar-refractivity contribution >= 4 is 0 Å². The molecule has 120 valence electrons. The van der Waals surface area contributed by atoms with Crippen molar-refractivity contribution in [3.05, 3.63) is 30.0 Å². The molecule has 1 aliphatic rings. The van der Waals surface area contributed by atoms with E-state index >= 15 is 0 Å². The van der Waals surface area contributed by atoms with Gasteiger partial charge in [-0.15, -0.1) is 5.10 Å². The van der Waals surface area contributed by atoms with Crippen molar-refractivity contribution in [1.82, 2.24) is 30.0 Å². The van der Waals surface area contributed by atoms with Gasteiger partial charge in [-0.3, -0.25) is 4.90 Å². The molecule has 0 radical (unpaired) electrons. The summed E-state index contributed by atoms with van der Waals surface area (Å²) in [6, 6.07) is 4.11. The van der Waals surface area contributed by atoms with Crippen molar-refractivity contribution < 1.29 is 4.42 Å². The Morgan fingerprint density at radius 2 is 2.05 bits per heavy atom. The number of rotatable bonds is 6. The number of hydrogen-bond acceptors (Lipinski definition) is 6. The molecule has 1 fully saturated rings. The lowest BCUT2D eigenvalue weighted by Crippen LogP contribution is -2.47. The summed E-state index contributed by atoms with van der Waals surface area (Å²) in [6.07, 6.45) is 2.69. The van der Waals surface area contributed by atoms with Crippen LogP contribution in [0.3, 0.4) is 0 Å². The second-order valence-electron chi connectivity index (χ2n) is 5.67. The van der Waals surface area contributed by atoms with E-state index in [0.29, 0.717) is 6.54 Å². The molecule has 0 amide bonds. The van der Waals surface area contributed by atoms with Crippen LogP contribution in [0.25, 0.3) is 0 Å². The molecule has 3 rings (SSSR count). The summed E-state index contributed by atoms with van der Waals surface area (Å²) < 4.78 is 7.27. The summed E-state index contributed by atoms with van der Waals surface area (Å²) in [6.45, 7) is 10.5. The molecule has 0 spiro atoms. The van der Waals surface area contributed by atoms with Gasteiger partial charge in [-0.1, -0.05) is 13.8 Å². The van der Waals surface area contributed by atoms with Crippen LogP contribution in [0, 0.1) is 0 Å². The van der Waals surface area contributed by atoms with Crippen molar-refractivity contribution in [2.75, 3.05) is 32.7 Å². The number of likely N-dealkylation sites (N-methyl/N-ethyl adjacent to an activating group) is 1. The van der Waals surface area contributed by atoms with E-state index in [1.807, 2.05) is 16.8 Å². The predicted molar refractivity (Wildman–Crippen MR) is 82.3 cm³/mol. The van der Waals surface area contributed by atoms with E-state index in [9.17, 15) is 0 Å². The first-order chi connectivity index (χ1) is 10.8. The summed E-state index contributed by atoms with van der Waals surface area (Å²) in [7, 11) is 0. The molecule has 0 unspecified atom stereocenters. The summed E-state index contributed by atoms with van der Waals surface area (Å²) in [5.41, 5.74) is 0. The van der Waals surface area contributed by atoms with Crippen LogP contribution in [-0.2, 0) is 6.54 Å². The van der Waals surface area contributed by atoms with Crippen LogP contribution in [0.5, 0.6) is 0 Å². The van der Waals surface area contributed by atoms with E-state index in [1.165, 1.54) is 0 Å². The zero-order valence-corrected chi connectivity index (χ0v) is 13.4. The molecule has 2 aromatic heterocycles. The molecule has 0 aromatic carbocycles. The highest BCUT2D eigenvalue weighted by Gasteiger charge is 2.27. The third kappa shape index (κ3) is 3.20. The largest absolute Gasteiger partial charge is 0.467 e. The van der Waals surface area contributed by atoms with E-state index < -0.39 is 0 Å². The minimum Gasteiger partial charge on any atom is -0.467 e. The van der Waals surface area contributed by atoms with Crippen molar-refractivity contribution in [1.29, 1.82) is 0 Å². The Labute approximate surface area is 130 Å². The minimum absolute atomic E-state index is 0.268. The van der Waals surface area contributed by atoms with Crippen LogP contribution >= 0.6 is 0 Å². The van der Waals surface area contributed by atoms with E-state index in [2.05, 4.69) is 39.2 Å². The fourth-order valence-electron chi connectivity index (χ4n) is 3.11. The van der Waals surface area contributed by atoms with Gasteiger partial charge in [0.2, 0.25) is 0 Å². The van der Waals surface area contributed by atoms with Crippen LogP contribution in [0.15, 0.2) is 22.8 Å². The summed E-state index contributed by atoms with van der Waals surface area (Å²) in [5, 5.41) is 12.3. The Kier molecular flexibility index (Phi) is 4.84. The Bertz CT molecular complexity index is 558. The van der Waals surface area contributed by atoms with Crippen LogP contribution in [0.4, 0.5) is 0 Å². The Hall–Kier alpha value is -1.73. The first-order valence-electron chi connectivity index (χ1n) is 8.06. The molecule has 7 heteroatoms. The van der Waals surface area contributed by atoms with Crippen molar-refractivity contribution in [2.24, 2.45) is 0 Å². The molecule has 22 heavy (non-hydrogen) atoms. The third-order valence-electron chi connectivity index (χ3n) is 4.42. The molecule has 3 heterocycles.